The summed E-state index contributed by atoms with van der Waals surface area (Å²) in [5.74, 6) is 0.438. The van der Waals surface area contributed by atoms with Crippen LogP contribution in [0, 0.1) is 5.41 Å². The molecule has 3 nitrogen and oxygen atoms in total. The van der Waals surface area contributed by atoms with E-state index in [9.17, 15) is 9.59 Å². The van der Waals surface area contributed by atoms with Gasteiger partial charge in [-0.15, -0.1) is 0 Å². The van der Waals surface area contributed by atoms with Crippen molar-refractivity contribution in [2.75, 3.05) is 5.75 Å². The summed E-state index contributed by atoms with van der Waals surface area (Å²) in [4.78, 5) is 23.3. The zero-order valence-corrected chi connectivity index (χ0v) is 12.0. The number of carbonyl (C=O) groups is 2. The van der Waals surface area contributed by atoms with Crippen LogP contribution in [0.3, 0.4) is 0 Å². The quantitative estimate of drug-likeness (QED) is 0.729. The van der Waals surface area contributed by atoms with Gasteiger partial charge in [-0.2, -0.15) is 0 Å². The van der Waals surface area contributed by atoms with Crippen molar-refractivity contribution in [2.45, 2.75) is 59.0 Å². The molecule has 1 rings (SSSR count). The third-order valence-electron chi connectivity index (χ3n) is 2.94. The Kier molecular flexibility index (Phi) is 4.64. The summed E-state index contributed by atoms with van der Waals surface area (Å²) in [6.45, 7) is 7.19. The van der Waals surface area contributed by atoms with Gasteiger partial charge >= 0.3 is 5.97 Å². The molecule has 0 spiro atoms. The van der Waals surface area contributed by atoms with Crippen LogP contribution in [0.1, 0.15) is 53.4 Å². The SMILES string of the molecule is CC(=O)SCC1(C(=O)OC(C)(C)C)CCCC1. The molecule has 0 aliphatic heterocycles. The Morgan fingerprint density at radius 2 is 1.76 bits per heavy atom. The van der Waals surface area contributed by atoms with E-state index in [0.717, 1.165) is 25.7 Å². The van der Waals surface area contributed by atoms with Crippen molar-refractivity contribution in [3.8, 4) is 0 Å². The van der Waals surface area contributed by atoms with Gasteiger partial charge < -0.3 is 4.74 Å². The lowest BCUT2D eigenvalue weighted by atomic mass is 9.88. The first-order valence-corrected chi connectivity index (χ1v) is 7.11. The number of hydrogen-bond acceptors (Lipinski definition) is 4. The molecule has 0 aromatic carbocycles. The van der Waals surface area contributed by atoms with Crippen molar-refractivity contribution < 1.29 is 14.3 Å². The molecule has 0 aromatic rings. The predicted molar refractivity (Wildman–Crippen MR) is 69.9 cm³/mol. The molecular weight excluding hydrogens is 236 g/mol. The maximum Gasteiger partial charge on any atom is 0.313 e. The largest absolute Gasteiger partial charge is 0.460 e. The van der Waals surface area contributed by atoms with Crippen LogP contribution in [0.5, 0.6) is 0 Å². The van der Waals surface area contributed by atoms with Crippen molar-refractivity contribution in [1.29, 1.82) is 0 Å². The Bertz CT molecular complexity index is 298. The Labute approximate surface area is 108 Å². The van der Waals surface area contributed by atoms with Crippen LogP contribution in [0.15, 0.2) is 0 Å². The van der Waals surface area contributed by atoms with E-state index in [0.29, 0.717) is 5.75 Å². The van der Waals surface area contributed by atoms with Crippen LogP contribution in [-0.4, -0.2) is 22.4 Å². The second-order valence-electron chi connectivity index (χ2n) is 5.77. The Balaban J connectivity index is 2.70. The smallest absolute Gasteiger partial charge is 0.313 e. The summed E-state index contributed by atoms with van der Waals surface area (Å²) >= 11 is 1.24. The molecule has 0 amide bonds. The van der Waals surface area contributed by atoms with Gasteiger partial charge in [0.15, 0.2) is 5.12 Å². The zero-order chi connectivity index (χ0) is 13.1. The summed E-state index contributed by atoms with van der Waals surface area (Å²) in [5.41, 5.74) is -0.878. The molecule has 98 valence electrons. The van der Waals surface area contributed by atoms with E-state index in [4.69, 9.17) is 4.74 Å². The molecule has 1 saturated carbocycles. The summed E-state index contributed by atoms with van der Waals surface area (Å²) < 4.78 is 5.49. The van der Waals surface area contributed by atoms with Crippen LogP contribution in [-0.2, 0) is 14.3 Å². The van der Waals surface area contributed by atoms with Crippen molar-refractivity contribution in [3.63, 3.8) is 0 Å². The second kappa shape index (κ2) is 5.42. The molecule has 1 fully saturated rings. The minimum Gasteiger partial charge on any atom is -0.460 e. The van der Waals surface area contributed by atoms with E-state index in [1.165, 1.54) is 11.8 Å². The second-order valence-corrected chi connectivity index (χ2v) is 6.92. The zero-order valence-electron chi connectivity index (χ0n) is 11.2. The van der Waals surface area contributed by atoms with Crippen LogP contribution >= 0.6 is 11.8 Å². The average molecular weight is 258 g/mol. The molecule has 0 radical (unpaired) electrons. The van der Waals surface area contributed by atoms with Crippen LogP contribution in [0.25, 0.3) is 0 Å². The van der Waals surface area contributed by atoms with Crippen LogP contribution in [0.4, 0.5) is 0 Å². The predicted octanol–water partition coefficient (Wildman–Crippen LogP) is 3.17. The first-order chi connectivity index (χ1) is 7.75. The van der Waals surface area contributed by atoms with Gasteiger partial charge in [-0.1, -0.05) is 24.6 Å². The molecule has 1 aliphatic carbocycles. The van der Waals surface area contributed by atoms with Crippen molar-refractivity contribution in [1.82, 2.24) is 0 Å². The van der Waals surface area contributed by atoms with Gasteiger partial charge in [0.25, 0.3) is 0 Å². The maximum atomic E-state index is 12.2. The number of carbonyl (C=O) groups excluding carboxylic acids is 2. The monoisotopic (exact) mass is 258 g/mol. The fourth-order valence-corrected chi connectivity index (χ4v) is 2.97. The number of thioether (sulfide) groups is 1. The first-order valence-electron chi connectivity index (χ1n) is 6.12. The fraction of sp³-hybridized carbons (Fsp3) is 0.846. The highest BCUT2D eigenvalue weighted by atomic mass is 32.2. The first kappa shape index (κ1) is 14.6. The van der Waals surface area contributed by atoms with Crippen LogP contribution < -0.4 is 0 Å². The lowest BCUT2D eigenvalue weighted by molar-refractivity contribution is -0.165. The maximum absolute atomic E-state index is 12.2. The molecular formula is C13H22O3S. The highest BCUT2D eigenvalue weighted by Gasteiger charge is 2.44. The molecule has 0 saturated heterocycles. The lowest BCUT2D eigenvalue weighted by Gasteiger charge is -2.30. The molecule has 1 aliphatic rings. The van der Waals surface area contributed by atoms with E-state index >= 15 is 0 Å². The third kappa shape index (κ3) is 4.34. The van der Waals surface area contributed by atoms with E-state index in [2.05, 4.69) is 0 Å². The normalized spacial score (nSPS) is 19.1. The standard InChI is InChI=1S/C13H22O3S/c1-10(14)17-9-13(7-5-6-8-13)11(15)16-12(2,3)4/h5-9H2,1-4H3. The number of ether oxygens (including phenoxy) is 1. The summed E-state index contributed by atoms with van der Waals surface area (Å²) in [5, 5.41) is 0.0693. The van der Waals surface area contributed by atoms with E-state index < -0.39 is 11.0 Å². The van der Waals surface area contributed by atoms with Gasteiger partial charge in [0.05, 0.1) is 5.41 Å². The number of hydrogen-bond donors (Lipinski definition) is 0. The lowest BCUT2D eigenvalue weighted by Crippen LogP contribution is -2.38. The molecule has 0 atom stereocenters. The molecule has 0 aromatic heterocycles. The van der Waals surface area contributed by atoms with Gasteiger partial charge in [0.2, 0.25) is 0 Å². The summed E-state index contributed by atoms with van der Waals surface area (Å²) in [6, 6.07) is 0. The summed E-state index contributed by atoms with van der Waals surface area (Å²) in [7, 11) is 0. The van der Waals surface area contributed by atoms with Gasteiger partial charge in [-0.3, -0.25) is 9.59 Å². The Morgan fingerprint density at radius 3 is 2.18 bits per heavy atom. The van der Waals surface area contributed by atoms with Crippen LogP contribution in [0.2, 0.25) is 0 Å². The topological polar surface area (TPSA) is 43.4 Å². The van der Waals surface area contributed by atoms with Gasteiger partial charge in [0.1, 0.15) is 5.60 Å². The van der Waals surface area contributed by atoms with Gasteiger partial charge in [-0.05, 0) is 33.6 Å². The Morgan fingerprint density at radius 1 is 1.24 bits per heavy atom. The van der Waals surface area contributed by atoms with Gasteiger partial charge in [0, 0.05) is 12.7 Å². The summed E-state index contributed by atoms with van der Waals surface area (Å²) in [6.07, 6.45) is 3.81. The van der Waals surface area contributed by atoms with Crippen molar-refractivity contribution in [3.05, 3.63) is 0 Å². The van der Waals surface area contributed by atoms with Crippen molar-refractivity contribution in [2.24, 2.45) is 5.41 Å². The number of rotatable bonds is 3. The highest BCUT2D eigenvalue weighted by Crippen LogP contribution is 2.42. The molecule has 0 heterocycles. The molecule has 0 N–H and O–H groups in total. The minimum absolute atomic E-state index is 0.0693. The van der Waals surface area contributed by atoms with E-state index in [-0.39, 0.29) is 11.1 Å². The fourth-order valence-electron chi connectivity index (χ4n) is 2.09. The Hall–Kier alpha value is -0.510. The molecule has 0 unspecified atom stereocenters. The van der Waals surface area contributed by atoms with E-state index in [1.54, 1.807) is 6.92 Å². The van der Waals surface area contributed by atoms with Gasteiger partial charge in [-0.25, -0.2) is 0 Å². The highest BCUT2D eigenvalue weighted by molar-refractivity contribution is 8.13. The van der Waals surface area contributed by atoms with Crippen molar-refractivity contribution >= 4 is 22.8 Å². The molecule has 17 heavy (non-hydrogen) atoms. The minimum atomic E-state index is -0.451. The molecule has 0 bridgehead atoms. The van der Waals surface area contributed by atoms with E-state index in [1.807, 2.05) is 20.8 Å². The molecule has 4 heteroatoms. The number of esters is 1. The third-order valence-corrected chi connectivity index (χ3v) is 4.05. The average Bonchev–Trinajstić information content (AvgIpc) is 2.61.